The molecule has 0 aliphatic heterocycles. The zero-order valence-electron chi connectivity index (χ0n) is 15.8. The number of aliphatic hydroxyl groups is 1. The second kappa shape index (κ2) is 7.42. The van der Waals surface area contributed by atoms with Crippen LogP contribution in [-0.4, -0.2) is 26.4 Å². The summed E-state index contributed by atoms with van der Waals surface area (Å²) in [5.74, 6) is -1.51. The maximum atomic E-state index is 13.9. The van der Waals surface area contributed by atoms with E-state index in [0.717, 1.165) is 12.1 Å². The van der Waals surface area contributed by atoms with Gasteiger partial charge in [0.05, 0.1) is 34.1 Å². The Balaban J connectivity index is 1.88. The fourth-order valence-corrected chi connectivity index (χ4v) is 2.88. The normalized spacial score (nSPS) is 14.7. The number of fused-ring (bicyclic) bond motifs is 1. The van der Waals surface area contributed by atoms with Crippen LogP contribution in [0.1, 0.15) is 31.0 Å². The van der Waals surface area contributed by atoms with Gasteiger partial charge in [-0.15, -0.1) is 0 Å². The van der Waals surface area contributed by atoms with Crippen molar-refractivity contribution < 1.29 is 27.5 Å². The Hall–Kier alpha value is -3.45. The molecule has 0 fully saturated rings. The van der Waals surface area contributed by atoms with E-state index in [-0.39, 0.29) is 11.1 Å². The number of nitrogens with zero attached hydrogens (tertiary/aromatic N) is 3. The Bertz CT molecular complexity index is 1160. The average molecular weight is 420 g/mol. The van der Waals surface area contributed by atoms with Crippen LogP contribution in [0.4, 0.5) is 23.2 Å². The summed E-state index contributed by atoms with van der Waals surface area (Å²) in [6.45, 7) is 2.63. The van der Waals surface area contributed by atoms with Crippen LogP contribution in [0.15, 0.2) is 42.6 Å². The number of carbonyl (C=O) groups excluding carboxylic acids is 1. The summed E-state index contributed by atoms with van der Waals surface area (Å²) in [7, 11) is 0. The minimum Gasteiger partial charge on any atom is -0.378 e. The van der Waals surface area contributed by atoms with Crippen molar-refractivity contribution in [3.63, 3.8) is 0 Å². The zero-order chi connectivity index (χ0) is 22.3. The smallest absolute Gasteiger partial charge is 0.378 e. The number of hydrogen-bond acceptors (Lipinski definition) is 4. The number of amides is 1. The number of anilines is 1. The van der Waals surface area contributed by atoms with Gasteiger partial charge in [0.2, 0.25) is 0 Å². The van der Waals surface area contributed by atoms with Crippen LogP contribution in [0.2, 0.25) is 0 Å². The molecule has 0 aliphatic rings. The van der Waals surface area contributed by atoms with Gasteiger partial charge in [0.1, 0.15) is 5.82 Å². The molecule has 2 aromatic carbocycles. The van der Waals surface area contributed by atoms with E-state index in [2.05, 4.69) is 10.4 Å². The first-order valence-electron chi connectivity index (χ1n) is 8.73. The van der Waals surface area contributed by atoms with E-state index in [1.54, 1.807) is 6.07 Å². The van der Waals surface area contributed by atoms with E-state index in [1.165, 1.54) is 42.9 Å². The molecule has 0 bridgehead atoms. The highest BCUT2D eigenvalue weighted by Gasteiger charge is 2.39. The van der Waals surface area contributed by atoms with Crippen molar-refractivity contribution in [3.05, 3.63) is 59.5 Å². The summed E-state index contributed by atoms with van der Waals surface area (Å²) in [6.07, 6.45) is -3.46. The number of halogens is 4. The molecule has 1 unspecified atom stereocenters. The number of benzene rings is 2. The minimum atomic E-state index is -4.79. The number of rotatable bonds is 4. The molecule has 30 heavy (non-hydrogen) atoms. The molecule has 0 saturated heterocycles. The first-order valence-corrected chi connectivity index (χ1v) is 8.73. The highest BCUT2D eigenvalue weighted by molar-refractivity contribution is 5.97. The molecule has 0 spiro atoms. The fraction of sp³-hybridized carbons (Fsp3) is 0.250. The molecule has 10 heteroatoms. The van der Waals surface area contributed by atoms with Gasteiger partial charge in [0.15, 0.2) is 5.60 Å². The third-order valence-corrected chi connectivity index (χ3v) is 4.89. The van der Waals surface area contributed by atoms with Gasteiger partial charge in [-0.25, -0.2) is 4.39 Å². The SMILES string of the molecule is CC(n1cc2c(F)cccc2n1)[C@](C)(O)C(=O)Nc1ccc(C#N)c(C(F)(F)F)c1. The lowest BCUT2D eigenvalue weighted by Crippen LogP contribution is -2.46. The topological polar surface area (TPSA) is 90.9 Å². The number of aromatic nitrogens is 2. The Labute approximate surface area is 168 Å². The second-order valence-electron chi connectivity index (χ2n) is 6.93. The molecule has 1 aromatic heterocycles. The van der Waals surface area contributed by atoms with E-state index < -0.39 is 40.7 Å². The highest BCUT2D eigenvalue weighted by Crippen LogP contribution is 2.34. The van der Waals surface area contributed by atoms with E-state index in [0.29, 0.717) is 11.6 Å². The van der Waals surface area contributed by atoms with Crippen LogP contribution < -0.4 is 5.32 Å². The van der Waals surface area contributed by atoms with Crippen molar-refractivity contribution in [3.8, 4) is 6.07 Å². The van der Waals surface area contributed by atoms with Crippen molar-refractivity contribution in [2.75, 3.05) is 5.32 Å². The van der Waals surface area contributed by atoms with Crippen LogP contribution in [0.5, 0.6) is 0 Å². The fourth-order valence-electron chi connectivity index (χ4n) is 2.88. The van der Waals surface area contributed by atoms with Crippen molar-refractivity contribution >= 4 is 22.5 Å². The van der Waals surface area contributed by atoms with Gasteiger partial charge in [-0.1, -0.05) is 6.07 Å². The summed E-state index contributed by atoms with van der Waals surface area (Å²) < 4.78 is 54.5. The Morgan fingerprint density at radius 1 is 1.30 bits per heavy atom. The average Bonchev–Trinajstić information content (AvgIpc) is 3.12. The third kappa shape index (κ3) is 3.84. The van der Waals surface area contributed by atoms with Crippen LogP contribution in [0.3, 0.4) is 0 Å². The Morgan fingerprint density at radius 3 is 2.60 bits per heavy atom. The van der Waals surface area contributed by atoms with E-state index in [1.807, 2.05) is 0 Å². The third-order valence-electron chi connectivity index (χ3n) is 4.89. The van der Waals surface area contributed by atoms with Crippen molar-refractivity contribution in [2.45, 2.75) is 31.7 Å². The number of carbonyl (C=O) groups is 1. The van der Waals surface area contributed by atoms with Crippen LogP contribution in [0, 0.1) is 17.1 Å². The predicted molar refractivity (Wildman–Crippen MR) is 99.8 cm³/mol. The van der Waals surface area contributed by atoms with Crippen LogP contribution in [0.25, 0.3) is 10.9 Å². The second-order valence-corrected chi connectivity index (χ2v) is 6.93. The molecule has 2 atom stereocenters. The minimum absolute atomic E-state index is 0.197. The van der Waals surface area contributed by atoms with Crippen molar-refractivity contribution in [2.24, 2.45) is 0 Å². The van der Waals surface area contributed by atoms with E-state index in [4.69, 9.17) is 5.26 Å². The summed E-state index contributed by atoms with van der Waals surface area (Å²) in [5.41, 5.74) is -3.82. The lowest BCUT2D eigenvalue weighted by atomic mass is 9.96. The van der Waals surface area contributed by atoms with Gasteiger partial charge in [-0.05, 0) is 44.2 Å². The lowest BCUT2D eigenvalue weighted by Gasteiger charge is -2.29. The molecule has 0 radical (unpaired) electrons. The molecule has 3 rings (SSSR count). The van der Waals surface area contributed by atoms with E-state index >= 15 is 0 Å². The number of alkyl halides is 3. The van der Waals surface area contributed by atoms with Gasteiger partial charge in [0, 0.05) is 11.9 Å². The molecule has 0 saturated carbocycles. The van der Waals surface area contributed by atoms with Crippen LogP contribution in [-0.2, 0) is 11.0 Å². The first-order chi connectivity index (χ1) is 13.9. The standard InChI is InChI=1S/C20H16F4N4O2/c1-11(28-10-14-16(21)4-3-5-17(14)27-28)19(2,30)18(29)26-13-7-6-12(9-25)15(8-13)20(22,23)24/h3-8,10-11,30H,1-2H3,(H,26,29)/t11?,19-/m0/s1. The summed E-state index contributed by atoms with van der Waals surface area (Å²) in [4.78, 5) is 12.6. The molecular formula is C20H16F4N4O2. The highest BCUT2D eigenvalue weighted by atomic mass is 19.4. The van der Waals surface area contributed by atoms with Gasteiger partial charge in [0.25, 0.3) is 5.91 Å². The van der Waals surface area contributed by atoms with Gasteiger partial charge < -0.3 is 10.4 Å². The Morgan fingerprint density at radius 2 is 2.00 bits per heavy atom. The van der Waals surface area contributed by atoms with Crippen molar-refractivity contribution in [1.82, 2.24) is 9.78 Å². The molecular weight excluding hydrogens is 404 g/mol. The molecule has 156 valence electrons. The summed E-state index contributed by atoms with van der Waals surface area (Å²) in [5, 5.41) is 26.2. The molecule has 0 aliphatic carbocycles. The zero-order valence-corrected chi connectivity index (χ0v) is 15.8. The number of hydrogen-bond donors (Lipinski definition) is 2. The lowest BCUT2D eigenvalue weighted by molar-refractivity contribution is -0.138. The summed E-state index contributed by atoms with van der Waals surface area (Å²) in [6, 6.07) is 7.41. The molecule has 2 N–H and O–H groups in total. The molecule has 1 amide bonds. The largest absolute Gasteiger partial charge is 0.417 e. The molecule has 3 aromatic rings. The van der Waals surface area contributed by atoms with Gasteiger partial charge in [-0.2, -0.15) is 23.5 Å². The van der Waals surface area contributed by atoms with E-state index in [9.17, 15) is 27.5 Å². The van der Waals surface area contributed by atoms with Gasteiger partial charge in [-0.3, -0.25) is 9.48 Å². The Kier molecular flexibility index (Phi) is 5.26. The first kappa shape index (κ1) is 21.3. The number of nitrogens with one attached hydrogen (secondary N) is 1. The van der Waals surface area contributed by atoms with Gasteiger partial charge >= 0.3 is 6.18 Å². The van der Waals surface area contributed by atoms with Crippen LogP contribution >= 0.6 is 0 Å². The number of nitriles is 1. The maximum absolute atomic E-state index is 13.9. The quantitative estimate of drug-likeness (QED) is 0.624. The maximum Gasteiger partial charge on any atom is 0.417 e. The molecule has 6 nitrogen and oxygen atoms in total. The monoisotopic (exact) mass is 420 g/mol. The van der Waals surface area contributed by atoms with Crippen molar-refractivity contribution in [1.29, 1.82) is 5.26 Å². The summed E-state index contributed by atoms with van der Waals surface area (Å²) >= 11 is 0. The molecule has 1 heterocycles. The predicted octanol–water partition coefficient (Wildman–Crippen LogP) is 4.02.